The Balaban J connectivity index is 1.62. The summed E-state index contributed by atoms with van der Waals surface area (Å²) in [5.74, 6) is 1.02. The Labute approximate surface area is 97.7 Å². The molecule has 2 aliphatic rings. The average Bonchev–Trinajstić information content (AvgIpc) is 2.86. The molecule has 0 bridgehead atoms. The molecule has 0 amide bonds. The second kappa shape index (κ2) is 3.73. The first-order chi connectivity index (χ1) is 7.72. The molecule has 4 nitrogen and oxygen atoms in total. The fourth-order valence-electron chi connectivity index (χ4n) is 2.60. The maximum Gasteiger partial charge on any atom is 0.347 e. The zero-order valence-electron chi connectivity index (χ0n) is 8.85. The number of aromatic nitrogens is 1. The molecule has 2 aliphatic carbocycles. The zero-order chi connectivity index (χ0) is 11.1. The van der Waals surface area contributed by atoms with Crippen molar-refractivity contribution < 1.29 is 9.90 Å². The lowest BCUT2D eigenvalue weighted by Crippen LogP contribution is -2.23. The predicted molar refractivity (Wildman–Crippen MR) is 61.9 cm³/mol. The Morgan fingerprint density at radius 2 is 2.31 bits per heavy atom. The SMILES string of the molecule is O=C(O)c1cnc(NC2CCC3CC3C2)s1. The van der Waals surface area contributed by atoms with Crippen LogP contribution < -0.4 is 5.32 Å². The number of nitrogens with zero attached hydrogens (tertiary/aromatic N) is 1. The van der Waals surface area contributed by atoms with E-state index in [9.17, 15) is 4.79 Å². The van der Waals surface area contributed by atoms with Crippen LogP contribution in [0.2, 0.25) is 0 Å². The minimum Gasteiger partial charge on any atom is -0.477 e. The molecule has 1 heterocycles. The van der Waals surface area contributed by atoms with Crippen LogP contribution in [0.3, 0.4) is 0 Å². The molecule has 3 unspecified atom stereocenters. The largest absolute Gasteiger partial charge is 0.477 e. The molecule has 3 rings (SSSR count). The predicted octanol–water partition coefficient (Wildman–Crippen LogP) is 2.44. The summed E-state index contributed by atoms with van der Waals surface area (Å²) in [6.07, 6.45) is 6.57. The molecule has 1 aromatic heterocycles. The molecule has 0 saturated heterocycles. The molecule has 1 aromatic rings. The summed E-state index contributed by atoms with van der Waals surface area (Å²) in [6, 6.07) is 0.497. The van der Waals surface area contributed by atoms with E-state index in [0.29, 0.717) is 10.9 Å². The van der Waals surface area contributed by atoms with Crippen molar-refractivity contribution in [1.29, 1.82) is 0 Å². The highest BCUT2D eigenvalue weighted by molar-refractivity contribution is 7.17. The first-order valence-corrected chi connectivity index (χ1v) is 6.49. The number of nitrogens with one attached hydrogen (secondary N) is 1. The maximum absolute atomic E-state index is 10.7. The normalized spacial score (nSPS) is 31.9. The molecule has 2 fully saturated rings. The molecule has 0 spiro atoms. The van der Waals surface area contributed by atoms with Gasteiger partial charge in [0, 0.05) is 6.04 Å². The molecular formula is C11H14N2O2S. The number of anilines is 1. The molecule has 5 heteroatoms. The average molecular weight is 238 g/mol. The van der Waals surface area contributed by atoms with Gasteiger partial charge in [-0.25, -0.2) is 9.78 Å². The Hall–Kier alpha value is -1.10. The van der Waals surface area contributed by atoms with Crippen LogP contribution in [0.15, 0.2) is 6.20 Å². The topological polar surface area (TPSA) is 62.2 Å². The quantitative estimate of drug-likeness (QED) is 0.849. The second-order valence-corrected chi connectivity index (χ2v) is 5.78. The van der Waals surface area contributed by atoms with Gasteiger partial charge < -0.3 is 10.4 Å². The highest BCUT2D eigenvalue weighted by atomic mass is 32.1. The van der Waals surface area contributed by atoms with Gasteiger partial charge in [0.1, 0.15) is 4.88 Å². The van der Waals surface area contributed by atoms with E-state index in [4.69, 9.17) is 5.11 Å². The van der Waals surface area contributed by atoms with Crippen LogP contribution in [0.4, 0.5) is 5.13 Å². The van der Waals surface area contributed by atoms with Crippen molar-refractivity contribution in [2.45, 2.75) is 31.7 Å². The Kier molecular flexibility index (Phi) is 2.35. The fourth-order valence-corrected chi connectivity index (χ4v) is 3.33. The highest BCUT2D eigenvalue weighted by Gasteiger charge is 2.42. The summed E-state index contributed by atoms with van der Waals surface area (Å²) in [5.41, 5.74) is 0. The second-order valence-electron chi connectivity index (χ2n) is 4.74. The first kappa shape index (κ1) is 10.1. The lowest BCUT2D eigenvalue weighted by Gasteiger charge is -2.21. The fraction of sp³-hybridized carbons (Fsp3) is 0.636. The number of carboxylic acids is 1. The minimum atomic E-state index is -0.892. The summed E-state index contributed by atoms with van der Waals surface area (Å²) >= 11 is 1.23. The third-order valence-corrected chi connectivity index (χ3v) is 4.50. The monoisotopic (exact) mass is 238 g/mol. The van der Waals surface area contributed by atoms with Crippen LogP contribution >= 0.6 is 11.3 Å². The zero-order valence-corrected chi connectivity index (χ0v) is 9.67. The molecule has 0 aromatic carbocycles. The number of rotatable bonds is 3. The van der Waals surface area contributed by atoms with E-state index >= 15 is 0 Å². The summed E-state index contributed by atoms with van der Waals surface area (Å²) in [7, 11) is 0. The van der Waals surface area contributed by atoms with Crippen LogP contribution in [0, 0.1) is 11.8 Å². The van der Waals surface area contributed by atoms with Crippen molar-refractivity contribution in [3.8, 4) is 0 Å². The van der Waals surface area contributed by atoms with Crippen LogP contribution in [-0.2, 0) is 0 Å². The van der Waals surface area contributed by atoms with Gasteiger partial charge >= 0.3 is 5.97 Å². The van der Waals surface area contributed by atoms with Crippen molar-refractivity contribution in [2.75, 3.05) is 5.32 Å². The number of aromatic carboxylic acids is 1. The van der Waals surface area contributed by atoms with Crippen LogP contribution in [0.5, 0.6) is 0 Å². The lowest BCUT2D eigenvalue weighted by molar-refractivity contribution is 0.0702. The molecule has 3 atom stereocenters. The third kappa shape index (κ3) is 1.91. The lowest BCUT2D eigenvalue weighted by atomic mass is 9.96. The van der Waals surface area contributed by atoms with Crippen molar-refractivity contribution in [2.24, 2.45) is 11.8 Å². The van der Waals surface area contributed by atoms with Gasteiger partial charge in [0.2, 0.25) is 0 Å². The number of thiazole rings is 1. The van der Waals surface area contributed by atoms with Crippen molar-refractivity contribution in [3.05, 3.63) is 11.1 Å². The molecule has 86 valence electrons. The van der Waals surface area contributed by atoms with Gasteiger partial charge in [0.05, 0.1) is 6.20 Å². The maximum atomic E-state index is 10.7. The van der Waals surface area contributed by atoms with Gasteiger partial charge in [-0.2, -0.15) is 0 Å². The highest BCUT2D eigenvalue weighted by Crippen LogP contribution is 2.49. The summed E-state index contributed by atoms with van der Waals surface area (Å²) in [5, 5.41) is 12.9. The van der Waals surface area contributed by atoms with Crippen LogP contribution in [0.25, 0.3) is 0 Å². The Morgan fingerprint density at radius 1 is 1.44 bits per heavy atom. The number of carbonyl (C=O) groups is 1. The summed E-state index contributed by atoms with van der Waals surface area (Å²) in [6.45, 7) is 0. The van der Waals surface area contributed by atoms with Crippen LogP contribution in [0.1, 0.15) is 35.4 Å². The molecule has 2 saturated carbocycles. The van der Waals surface area contributed by atoms with Crippen LogP contribution in [-0.4, -0.2) is 22.1 Å². The van der Waals surface area contributed by atoms with E-state index < -0.39 is 5.97 Å². The van der Waals surface area contributed by atoms with E-state index in [0.717, 1.165) is 17.0 Å². The summed E-state index contributed by atoms with van der Waals surface area (Å²) in [4.78, 5) is 15.1. The van der Waals surface area contributed by atoms with Crippen molar-refractivity contribution in [3.63, 3.8) is 0 Å². The van der Waals surface area contributed by atoms with E-state index in [1.807, 2.05) is 0 Å². The Bertz CT molecular complexity index is 418. The standard InChI is InChI=1S/C11H14N2O2S/c14-10(15)9-5-12-11(16-9)13-8-2-1-6-3-7(6)4-8/h5-8H,1-4H2,(H,12,13)(H,14,15). The number of hydrogen-bond donors (Lipinski definition) is 2. The molecule has 0 radical (unpaired) electrons. The van der Waals surface area contributed by atoms with Gasteiger partial charge in [-0.15, -0.1) is 0 Å². The first-order valence-electron chi connectivity index (χ1n) is 5.68. The van der Waals surface area contributed by atoms with Crippen molar-refractivity contribution >= 4 is 22.4 Å². The molecule has 2 N–H and O–H groups in total. The van der Waals surface area contributed by atoms with Gasteiger partial charge in [0.25, 0.3) is 0 Å². The Morgan fingerprint density at radius 3 is 3.00 bits per heavy atom. The molecular weight excluding hydrogens is 224 g/mol. The van der Waals surface area contributed by atoms with Crippen molar-refractivity contribution in [1.82, 2.24) is 4.98 Å². The number of fused-ring (bicyclic) bond motifs is 1. The third-order valence-electron chi connectivity index (χ3n) is 3.59. The summed E-state index contributed by atoms with van der Waals surface area (Å²) < 4.78 is 0. The molecule has 0 aliphatic heterocycles. The number of carboxylic acid groups (broad SMARTS) is 1. The van der Waals surface area contributed by atoms with Gasteiger partial charge in [-0.05, 0) is 37.5 Å². The number of hydrogen-bond acceptors (Lipinski definition) is 4. The van der Waals surface area contributed by atoms with E-state index in [-0.39, 0.29) is 0 Å². The molecule has 16 heavy (non-hydrogen) atoms. The minimum absolute atomic E-state index is 0.308. The van der Waals surface area contributed by atoms with E-state index in [2.05, 4.69) is 10.3 Å². The van der Waals surface area contributed by atoms with Gasteiger partial charge in [0.15, 0.2) is 5.13 Å². The van der Waals surface area contributed by atoms with Gasteiger partial charge in [-0.3, -0.25) is 0 Å². The van der Waals surface area contributed by atoms with E-state index in [1.54, 1.807) is 0 Å². The van der Waals surface area contributed by atoms with E-state index in [1.165, 1.54) is 43.2 Å². The smallest absolute Gasteiger partial charge is 0.347 e. The van der Waals surface area contributed by atoms with Gasteiger partial charge in [-0.1, -0.05) is 11.3 Å².